The lowest BCUT2D eigenvalue weighted by Gasteiger charge is -2.54. The van der Waals surface area contributed by atoms with E-state index in [0.717, 1.165) is 23.7 Å². The molecule has 0 aromatic heterocycles. The first-order valence-corrected chi connectivity index (χ1v) is 8.21. The van der Waals surface area contributed by atoms with Crippen LogP contribution in [0, 0.1) is 23.7 Å². The second-order valence-corrected chi connectivity index (χ2v) is 7.25. The van der Waals surface area contributed by atoms with Crippen LogP contribution in [0.25, 0.3) is 0 Å². The number of hydrogen-bond donors (Lipinski definition) is 1. The molecular weight excluding hydrogens is 246 g/mol. The second kappa shape index (κ2) is 5.16. The summed E-state index contributed by atoms with van der Waals surface area (Å²) in [5.41, 5.74) is 7.46. The van der Waals surface area contributed by atoms with E-state index in [2.05, 4.69) is 24.3 Å². The SMILES string of the molecule is NC(COC1C2CC3CC(C2)CC1C3)c1ccccc1. The van der Waals surface area contributed by atoms with E-state index in [1.54, 1.807) is 0 Å². The van der Waals surface area contributed by atoms with Crippen molar-refractivity contribution < 1.29 is 4.74 Å². The molecule has 1 atom stereocenters. The van der Waals surface area contributed by atoms with Crippen molar-refractivity contribution in [2.24, 2.45) is 29.4 Å². The minimum absolute atomic E-state index is 0.0217. The molecule has 4 aliphatic carbocycles. The Morgan fingerprint density at radius 3 is 2.15 bits per heavy atom. The van der Waals surface area contributed by atoms with Crippen LogP contribution >= 0.6 is 0 Å². The molecule has 1 aromatic carbocycles. The van der Waals surface area contributed by atoms with Gasteiger partial charge in [0.25, 0.3) is 0 Å². The normalized spacial score (nSPS) is 40.0. The van der Waals surface area contributed by atoms with Gasteiger partial charge in [-0.15, -0.1) is 0 Å². The Morgan fingerprint density at radius 1 is 0.950 bits per heavy atom. The third-order valence-electron chi connectivity index (χ3n) is 5.84. The van der Waals surface area contributed by atoms with Gasteiger partial charge in [0.05, 0.1) is 18.8 Å². The minimum atomic E-state index is 0.0217. The molecule has 0 saturated heterocycles. The molecule has 20 heavy (non-hydrogen) atoms. The van der Waals surface area contributed by atoms with E-state index in [-0.39, 0.29) is 6.04 Å². The first-order valence-electron chi connectivity index (χ1n) is 8.21. The summed E-state index contributed by atoms with van der Waals surface area (Å²) in [4.78, 5) is 0. The third-order valence-corrected chi connectivity index (χ3v) is 5.84. The molecule has 1 aromatic rings. The molecule has 2 nitrogen and oxygen atoms in total. The number of rotatable bonds is 4. The minimum Gasteiger partial charge on any atom is -0.376 e. The Hall–Kier alpha value is -0.860. The van der Waals surface area contributed by atoms with E-state index in [1.165, 1.54) is 37.7 Å². The molecule has 0 heterocycles. The van der Waals surface area contributed by atoms with Crippen molar-refractivity contribution in [3.8, 4) is 0 Å². The van der Waals surface area contributed by atoms with E-state index in [0.29, 0.717) is 12.7 Å². The highest BCUT2D eigenvalue weighted by atomic mass is 16.5. The first kappa shape index (κ1) is 12.8. The van der Waals surface area contributed by atoms with Crippen molar-refractivity contribution in [3.63, 3.8) is 0 Å². The molecule has 0 aliphatic heterocycles. The van der Waals surface area contributed by atoms with Gasteiger partial charge in [-0.25, -0.2) is 0 Å². The summed E-state index contributed by atoms with van der Waals surface area (Å²) in [6, 6.07) is 10.4. The standard InChI is InChI=1S/C18H25NO/c19-17(14-4-2-1-3-5-14)11-20-18-15-7-12-6-13(9-15)10-16(18)8-12/h1-5,12-13,15-18H,6-11,19H2. The highest BCUT2D eigenvalue weighted by Gasteiger charge is 2.48. The summed E-state index contributed by atoms with van der Waals surface area (Å²) >= 11 is 0. The average molecular weight is 271 g/mol. The van der Waals surface area contributed by atoms with E-state index < -0.39 is 0 Å². The molecule has 4 fully saturated rings. The van der Waals surface area contributed by atoms with E-state index in [4.69, 9.17) is 10.5 Å². The smallest absolute Gasteiger partial charge is 0.0663 e. The summed E-state index contributed by atoms with van der Waals surface area (Å²) in [5, 5.41) is 0. The van der Waals surface area contributed by atoms with Gasteiger partial charge in [-0.1, -0.05) is 30.3 Å². The van der Waals surface area contributed by atoms with Crippen LogP contribution < -0.4 is 5.73 Å². The topological polar surface area (TPSA) is 35.2 Å². The van der Waals surface area contributed by atoms with Gasteiger partial charge < -0.3 is 10.5 Å². The maximum absolute atomic E-state index is 6.31. The predicted molar refractivity (Wildman–Crippen MR) is 80.2 cm³/mol. The monoisotopic (exact) mass is 271 g/mol. The number of hydrogen-bond acceptors (Lipinski definition) is 2. The number of nitrogens with two attached hydrogens (primary N) is 1. The molecular formula is C18H25NO. The second-order valence-electron chi connectivity index (χ2n) is 7.25. The predicted octanol–water partition coefficient (Wildman–Crippen LogP) is 3.53. The lowest BCUT2D eigenvalue weighted by Crippen LogP contribution is -2.49. The maximum atomic E-state index is 6.31. The first-order chi connectivity index (χ1) is 9.79. The molecule has 108 valence electrons. The Morgan fingerprint density at radius 2 is 1.55 bits per heavy atom. The molecule has 4 aliphatic rings. The molecule has 4 saturated carbocycles. The lowest BCUT2D eigenvalue weighted by atomic mass is 9.55. The van der Waals surface area contributed by atoms with Gasteiger partial charge >= 0.3 is 0 Å². The quantitative estimate of drug-likeness (QED) is 0.909. The molecule has 1 unspecified atom stereocenters. The lowest BCUT2D eigenvalue weighted by molar-refractivity contribution is -0.128. The molecule has 0 amide bonds. The average Bonchev–Trinajstić information content (AvgIpc) is 2.46. The van der Waals surface area contributed by atoms with Crippen molar-refractivity contribution in [2.45, 2.75) is 44.2 Å². The summed E-state index contributed by atoms with van der Waals surface area (Å²) < 4.78 is 6.31. The van der Waals surface area contributed by atoms with E-state index in [1.807, 2.05) is 6.07 Å². The Labute approximate surface area is 121 Å². The van der Waals surface area contributed by atoms with Crippen LogP contribution in [0.15, 0.2) is 30.3 Å². The van der Waals surface area contributed by atoms with Gasteiger partial charge in [0.1, 0.15) is 0 Å². The largest absolute Gasteiger partial charge is 0.376 e. The molecule has 5 rings (SSSR count). The molecule has 0 radical (unpaired) electrons. The molecule has 0 spiro atoms. The van der Waals surface area contributed by atoms with Gasteiger partial charge in [-0.05, 0) is 61.3 Å². The van der Waals surface area contributed by atoms with Gasteiger partial charge in [-0.3, -0.25) is 0 Å². The van der Waals surface area contributed by atoms with Gasteiger partial charge in [0.15, 0.2) is 0 Å². The van der Waals surface area contributed by atoms with Crippen molar-refractivity contribution >= 4 is 0 Å². The van der Waals surface area contributed by atoms with E-state index in [9.17, 15) is 0 Å². The van der Waals surface area contributed by atoms with Gasteiger partial charge in [0.2, 0.25) is 0 Å². The van der Waals surface area contributed by atoms with Gasteiger partial charge in [0, 0.05) is 0 Å². The third kappa shape index (κ3) is 2.29. The van der Waals surface area contributed by atoms with E-state index >= 15 is 0 Å². The number of ether oxygens (including phenoxy) is 1. The van der Waals surface area contributed by atoms with Crippen LogP contribution in [-0.2, 0) is 4.74 Å². The van der Waals surface area contributed by atoms with Gasteiger partial charge in [-0.2, -0.15) is 0 Å². The van der Waals surface area contributed by atoms with Crippen LogP contribution in [0.5, 0.6) is 0 Å². The summed E-state index contributed by atoms with van der Waals surface area (Å²) in [5.74, 6) is 3.68. The van der Waals surface area contributed by atoms with Crippen LogP contribution in [0.3, 0.4) is 0 Å². The van der Waals surface area contributed by atoms with Crippen molar-refractivity contribution in [1.82, 2.24) is 0 Å². The highest BCUT2D eigenvalue weighted by molar-refractivity contribution is 5.18. The molecule has 2 heteroatoms. The van der Waals surface area contributed by atoms with Crippen LogP contribution in [-0.4, -0.2) is 12.7 Å². The van der Waals surface area contributed by atoms with Crippen LogP contribution in [0.2, 0.25) is 0 Å². The Kier molecular flexibility index (Phi) is 3.31. The Bertz CT molecular complexity index is 430. The fourth-order valence-electron chi connectivity index (χ4n) is 5.16. The Balaban J connectivity index is 1.38. The maximum Gasteiger partial charge on any atom is 0.0663 e. The fraction of sp³-hybridized carbons (Fsp3) is 0.667. The van der Waals surface area contributed by atoms with Crippen LogP contribution in [0.4, 0.5) is 0 Å². The fourth-order valence-corrected chi connectivity index (χ4v) is 5.16. The summed E-state index contributed by atoms with van der Waals surface area (Å²) in [6.45, 7) is 0.678. The zero-order chi connectivity index (χ0) is 13.5. The summed E-state index contributed by atoms with van der Waals surface area (Å²) in [7, 11) is 0. The molecule has 4 bridgehead atoms. The molecule has 2 N–H and O–H groups in total. The van der Waals surface area contributed by atoms with Crippen molar-refractivity contribution in [3.05, 3.63) is 35.9 Å². The highest BCUT2D eigenvalue weighted by Crippen LogP contribution is 2.54. The number of benzene rings is 1. The van der Waals surface area contributed by atoms with Crippen LogP contribution in [0.1, 0.15) is 43.7 Å². The van der Waals surface area contributed by atoms with Crippen molar-refractivity contribution in [2.75, 3.05) is 6.61 Å². The van der Waals surface area contributed by atoms with Crippen molar-refractivity contribution in [1.29, 1.82) is 0 Å². The zero-order valence-electron chi connectivity index (χ0n) is 12.1. The summed E-state index contributed by atoms with van der Waals surface area (Å²) in [6.07, 6.45) is 7.66. The zero-order valence-corrected chi connectivity index (χ0v) is 12.1.